The van der Waals surface area contributed by atoms with Crippen LogP contribution in [0.1, 0.15) is 62.2 Å². The van der Waals surface area contributed by atoms with Gasteiger partial charge in [0.2, 0.25) is 0 Å². The van der Waals surface area contributed by atoms with Crippen LogP contribution in [0.25, 0.3) is 0 Å². The molecule has 3 aromatic rings. The number of para-hydroxylation sites is 2. The fourth-order valence-electron chi connectivity index (χ4n) is 3.58. The third kappa shape index (κ3) is 4.23. The molecule has 2 N–H and O–H groups in total. The summed E-state index contributed by atoms with van der Waals surface area (Å²) in [5, 5.41) is 5.52. The van der Waals surface area contributed by atoms with Gasteiger partial charge in [0.25, 0.3) is 23.6 Å². The molecule has 8 heteroatoms. The molecule has 0 aliphatic carbocycles. The van der Waals surface area contributed by atoms with Gasteiger partial charge in [0.15, 0.2) is 0 Å². The Morgan fingerprint density at radius 1 is 0.788 bits per heavy atom. The molecule has 1 aromatic heterocycles. The second-order valence-electron chi connectivity index (χ2n) is 8.57. The maximum atomic E-state index is 12.9. The topological polar surface area (TPSA) is 108 Å². The lowest BCUT2D eigenvalue weighted by Gasteiger charge is -2.29. The van der Waals surface area contributed by atoms with Crippen molar-refractivity contribution in [2.45, 2.75) is 26.3 Å². The molecule has 33 heavy (non-hydrogen) atoms. The first-order chi connectivity index (χ1) is 15.7. The van der Waals surface area contributed by atoms with Crippen molar-refractivity contribution in [2.24, 2.45) is 0 Å². The molecule has 4 rings (SSSR count). The summed E-state index contributed by atoms with van der Waals surface area (Å²) in [6.45, 7) is 5.33. The normalized spacial score (nSPS) is 13.0. The Kier molecular flexibility index (Phi) is 5.51. The smallest absolute Gasteiger partial charge is 0.262 e. The van der Waals surface area contributed by atoms with Gasteiger partial charge < -0.3 is 10.6 Å². The number of pyridine rings is 1. The molecule has 0 spiro atoms. The Balaban J connectivity index is 1.56. The van der Waals surface area contributed by atoms with Crippen LogP contribution >= 0.6 is 0 Å². The average molecular weight is 442 g/mol. The highest BCUT2D eigenvalue weighted by atomic mass is 16.2. The van der Waals surface area contributed by atoms with E-state index in [-0.39, 0.29) is 28.5 Å². The highest BCUT2D eigenvalue weighted by Crippen LogP contribution is 2.30. The van der Waals surface area contributed by atoms with E-state index in [0.717, 1.165) is 0 Å². The summed E-state index contributed by atoms with van der Waals surface area (Å²) in [7, 11) is 0. The maximum Gasteiger partial charge on any atom is 0.262 e. The molecule has 0 bridgehead atoms. The monoisotopic (exact) mass is 442 g/mol. The van der Waals surface area contributed by atoms with Crippen molar-refractivity contribution in [3.63, 3.8) is 0 Å². The summed E-state index contributed by atoms with van der Waals surface area (Å²) in [4.78, 5) is 56.0. The molecule has 0 saturated heterocycles. The first kappa shape index (κ1) is 21.9. The van der Waals surface area contributed by atoms with Gasteiger partial charge in [-0.25, -0.2) is 0 Å². The van der Waals surface area contributed by atoms with E-state index in [4.69, 9.17) is 0 Å². The van der Waals surface area contributed by atoms with E-state index >= 15 is 0 Å². The summed E-state index contributed by atoms with van der Waals surface area (Å²) in [6, 6.07) is 14.5. The zero-order chi connectivity index (χ0) is 23.8. The molecule has 0 atom stereocenters. The van der Waals surface area contributed by atoms with E-state index in [9.17, 15) is 19.2 Å². The number of imide groups is 1. The largest absolute Gasteiger partial charge is 0.320 e. The van der Waals surface area contributed by atoms with Crippen LogP contribution in [0.2, 0.25) is 0 Å². The van der Waals surface area contributed by atoms with Crippen molar-refractivity contribution in [1.82, 2.24) is 9.88 Å². The number of fused-ring (bicyclic) bond motifs is 1. The number of carbonyl (C=O) groups excluding carboxylic acids is 4. The lowest BCUT2D eigenvalue weighted by molar-refractivity contribution is 0.0507. The minimum atomic E-state index is -0.680. The quantitative estimate of drug-likeness (QED) is 0.594. The van der Waals surface area contributed by atoms with E-state index < -0.39 is 17.4 Å². The zero-order valence-corrected chi connectivity index (χ0v) is 18.4. The number of benzene rings is 2. The summed E-state index contributed by atoms with van der Waals surface area (Å²) in [5.41, 5.74) is 1.19. The highest BCUT2D eigenvalue weighted by Gasteiger charge is 2.42. The Labute approximate surface area is 190 Å². The summed E-state index contributed by atoms with van der Waals surface area (Å²) in [6.07, 6.45) is 3.01. The number of rotatable bonds is 4. The Bertz CT molecular complexity index is 1280. The van der Waals surface area contributed by atoms with Crippen LogP contribution in [0, 0.1) is 0 Å². The van der Waals surface area contributed by atoms with E-state index in [1.807, 2.05) is 0 Å². The number of carbonyl (C=O) groups is 4. The predicted octanol–water partition coefficient (Wildman–Crippen LogP) is 3.98. The van der Waals surface area contributed by atoms with Gasteiger partial charge in [-0.05, 0) is 63.2 Å². The van der Waals surface area contributed by atoms with E-state index in [1.54, 1.807) is 63.4 Å². The molecule has 0 radical (unpaired) electrons. The molecular formula is C25H22N4O4. The number of aromatic nitrogens is 1. The van der Waals surface area contributed by atoms with Crippen LogP contribution in [0.5, 0.6) is 0 Å². The first-order valence-corrected chi connectivity index (χ1v) is 10.3. The lowest BCUT2D eigenvalue weighted by Crippen LogP contribution is -2.45. The van der Waals surface area contributed by atoms with Crippen molar-refractivity contribution >= 4 is 35.0 Å². The number of amides is 4. The van der Waals surface area contributed by atoms with Gasteiger partial charge in [0.05, 0.1) is 28.1 Å². The first-order valence-electron chi connectivity index (χ1n) is 10.3. The van der Waals surface area contributed by atoms with Crippen LogP contribution in [-0.2, 0) is 0 Å². The summed E-state index contributed by atoms with van der Waals surface area (Å²) in [5.74, 6) is -1.65. The molecule has 0 fully saturated rings. The molecule has 8 nitrogen and oxygen atoms in total. The molecule has 0 saturated carbocycles. The summed E-state index contributed by atoms with van der Waals surface area (Å²) < 4.78 is 0. The second kappa shape index (κ2) is 8.31. The van der Waals surface area contributed by atoms with Gasteiger partial charge in [-0.3, -0.25) is 29.1 Å². The number of hydrogen-bond acceptors (Lipinski definition) is 5. The average Bonchev–Trinajstić information content (AvgIpc) is 3.05. The van der Waals surface area contributed by atoms with Gasteiger partial charge in [0.1, 0.15) is 0 Å². The van der Waals surface area contributed by atoms with Gasteiger partial charge in [-0.2, -0.15) is 0 Å². The van der Waals surface area contributed by atoms with Crippen LogP contribution in [0.3, 0.4) is 0 Å². The fourth-order valence-corrected chi connectivity index (χ4v) is 3.58. The Morgan fingerprint density at radius 3 is 1.97 bits per heavy atom. The lowest BCUT2D eigenvalue weighted by atomic mass is 10.1. The number of nitrogens with one attached hydrogen (secondary N) is 2. The van der Waals surface area contributed by atoms with Gasteiger partial charge in [-0.15, -0.1) is 0 Å². The van der Waals surface area contributed by atoms with Gasteiger partial charge >= 0.3 is 0 Å². The van der Waals surface area contributed by atoms with Crippen LogP contribution in [0.15, 0.2) is 67.0 Å². The molecule has 4 amide bonds. The Morgan fingerprint density at radius 2 is 1.39 bits per heavy atom. The second-order valence-corrected chi connectivity index (χ2v) is 8.57. The summed E-state index contributed by atoms with van der Waals surface area (Å²) >= 11 is 0. The van der Waals surface area contributed by atoms with Gasteiger partial charge in [0, 0.05) is 23.5 Å². The van der Waals surface area contributed by atoms with Crippen molar-refractivity contribution < 1.29 is 19.2 Å². The SMILES string of the molecule is CC(C)(C)N1C(=O)c2ccc(C(=O)Nc3ccccc3NC(=O)c3cccnc3)cc2C1=O. The third-order valence-electron chi connectivity index (χ3n) is 5.17. The number of hydrogen-bond donors (Lipinski definition) is 2. The maximum absolute atomic E-state index is 12.9. The minimum absolute atomic E-state index is 0.195. The fraction of sp³-hybridized carbons (Fsp3) is 0.160. The zero-order valence-electron chi connectivity index (χ0n) is 18.4. The van der Waals surface area contributed by atoms with Gasteiger partial charge in [-0.1, -0.05) is 12.1 Å². The van der Waals surface area contributed by atoms with Crippen LogP contribution < -0.4 is 10.6 Å². The van der Waals surface area contributed by atoms with Crippen molar-refractivity contribution in [2.75, 3.05) is 10.6 Å². The number of anilines is 2. The van der Waals surface area contributed by atoms with E-state index in [0.29, 0.717) is 16.9 Å². The van der Waals surface area contributed by atoms with Crippen molar-refractivity contribution in [3.8, 4) is 0 Å². The standard InChI is InChI=1S/C25H22N4O4/c1-25(2,3)29-23(32)17-11-10-15(13-18(17)24(29)33)21(30)27-19-8-4-5-9-20(19)28-22(31)16-7-6-12-26-14-16/h4-14H,1-3H3,(H,27,30)(H,28,31). The van der Waals surface area contributed by atoms with Crippen molar-refractivity contribution in [3.05, 3.63) is 89.2 Å². The third-order valence-corrected chi connectivity index (χ3v) is 5.17. The highest BCUT2D eigenvalue weighted by molar-refractivity contribution is 6.23. The molecule has 1 aliphatic heterocycles. The minimum Gasteiger partial charge on any atom is -0.320 e. The number of nitrogens with zero attached hydrogens (tertiary/aromatic N) is 2. The predicted molar refractivity (Wildman–Crippen MR) is 123 cm³/mol. The molecule has 1 aliphatic rings. The van der Waals surface area contributed by atoms with E-state index in [1.165, 1.54) is 29.3 Å². The molecule has 0 unspecified atom stereocenters. The molecular weight excluding hydrogens is 420 g/mol. The van der Waals surface area contributed by atoms with Crippen LogP contribution in [-0.4, -0.2) is 39.1 Å². The molecule has 166 valence electrons. The van der Waals surface area contributed by atoms with E-state index in [2.05, 4.69) is 15.6 Å². The Hall–Kier alpha value is -4.33. The molecule has 2 aromatic carbocycles. The molecule has 2 heterocycles. The van der Waals surface area contributed by atoms with Crippen molar-refractivity contribution in [1.29, 1.82) is 0 Å². The van der Waals surface area contributed by atoms with Crippen LogP contribution in [0.4, 0.5) is 11.4 Å².